The van der Waals surface area contributed by atoms with Gasteiger partial charge in [-0.3, -0.25) is 4.79 Å². The summed E-state index contributed by atoms with van der Waals surface area (Å²) in [5.74, 6) is -1.69. The molecule has 0 aliphatic rings. The maximum atomic E-state index is 11.9. The van der Waals surface area contributed by atoms with E-state index < -0.39 is 11.9 Å². The van der Waals surface area contributed by atoms with Crippen molar-refractivity contribution >= 4 is 33.5 Å². The van der Waals surface area contributed by atoms with E-state index in [-0.39, 0.29) is 11.1 Å². The number of halogens is 1. The third-order valence-corrected chi connectivity index (χ3v) is 3.07. The van der Waals surface area contributed by atoms with Gasteiger partial charge in [-0.15, -0.1) is 0 Å². The van der Waals surface area contributed by atoms with Gasteiger partial charge in [0.1, 0.15) is 6.07 Å². The molecule has 0 saturated heterocycles. The first-order chi connectivity index (χ1) is 8.86. The van der Waals surface area contributed by atoms with Crippen molar-refractivity contribution in [2.45, 2.75) is 13.8 Å². The number of nitrogens with zero attached hydrogens (tertiary/aromatic N) is 1. The van der Waals surface area contributed by atoms with E-state index in [0.717, 1.165) is 4.47 Å². The first-order valence-electron chi connectivity index (χ1n) is 5.28. The Morgan fingerprint density at radius 1 is 1.32 bits per heavy atom. The van der Waals surface area contributed by atoms with Gasteiger partial charge in [-0.2, -0.15) is 5.26 Å². The first kappa shape index (κ1) is 14.9. The molecule has 0 aliphatic carbocycles. The normalized spacial score (nSPS) is 11.3. The molecule has 0 bridgehead atoms. The summed E-state index contributed by atoms with van der Waals surface area (Å²) in [4.78, 5) is 22.6. The molecule has 0 radical (unpaired) electrons. The maximum absolute atomic E-state index is 11.9. The van der Waals surface area contributed by atoms with Gasteiger partial charge in [-0.05, 0) is 32.0 Å². The number of carbonyl (C=O) groups is 2. The summed E-state index contributed by atoms with van der Waals surface area (Å²) in [5, 5.41) is 20.3. The minimum Gasteiger partial charge on any atom is -0.478 e. The Labute approximate surface area is 118 Å². The lowest BCUT2D eigenvalue weighted by molar-refractivity contribution is -0.133. The smallest absolute Gasteiger partial charge is 0.331 e. The number of nitriles is 1. The number of hydrogen-bond acceptors (Lipinski definition) is 3. The third kappa shape index (κ3) is 3.66. The zero-order chi connectivity index (χ0) is 14.6. The summed E-state index contributed by atoms with van der Waals surface area (Å²) in [6.07, 6.45) is 0. The van der Waals surface area contributed by atoms with Gasteiger partial charge < -0.3 is 10.4 Å². The van der Waals surface area contributed by atoms with E-state index in [1.807, 2.05) is 6.07 Å². The SMILES string of the molecule is C/C(C(=O)O)=C(/C)C(=O)Nc1ccc(Br)cc1C#N. The van der Waals surface area contributed by atoms with Gasteiger partial charge in [0, 0.05) is 15.6 Å². The Kier molecular flexibility index (Phi) is 4.84. The number of amides is 1. The average molecular weight is 323 g/mol. The number of rotatable bonds is 3. The molecule has 19 heavy (non-hydrogen) atoms. The van der Waals surface area contributed by atoms with Crippen molar-refractivity contribution in [3.63, 3.8) is 0 Å². The van der Waals surface area contributed by atoms with E-state index in [2.05, 4.69) is 21.2 Å². The molecule has 0 aromatic heterocycles. The lowest BCUT2D eigenvalue weighted by atomic mass is 10.1. The van der Waals surface area contributed by atoms with Crippen molar-refractivity contribution in [2.24, 2.45) is 0 Å². The summed E-state index contributed by atoms with van der Waals surface area (Å²) >= 11 is 3.22. The zero-order valence-electron chi connectivity index (χ0n) is 10.3. The number of aliphatic carboxylic acids is 1. The Bertz CT molecular complexity index is 615. The first-order valence-corrected chi connectivity index (χ1v) is 6.08. The summed E-state index contributed by atoms with van der Waals surface area (Å²) in [5.41, 5.74) is 0.698. The van der Waals surface area contributed by atoms with Crippen LogP contribution in [0.15, 0.2) is 33.8 Å². The highest BCUT2D eigenvalue weighted by atomic mass is 79.9. The number of carboxylic acids is 1. The molecule has 1 rings (SSSR count). The van der Waals surface area contributed by atoms with Crippen LogP contribution in [0.25, 0.3) is 0 Å². The molecule has 0 saturated carbocycles. The minimum absolute atomic E-state index is 0.0341. The Morgan fingerprint density at radius 2 is 1.95 bits per heavy atom. The fraction of sp³-hybridized carbons (Fsp3) is 0.154. The van der Waals surface area contributed by atoms with E-state index in [1.165, 1.54) is 13.8 Å². The molecule has 6 heteroatoms. The molecular formula is C13H11BrN2O3. The number of benzene rings is 1. The van der Waals surface area contributed by atoms with Crippen molar-refractivity contribution in [2.75, 3.05) is 5.32 Å². The molecule has 1 aromatic carbocycles. The molecule has 0 atom stereocenters. The summed E-state index contributed by atoms with van der Waals surface area (Å²) < 4.78 is 0.719. The molecule has 0 fully saturated rings. The van der Waals surface area contributed by atoms with E-state index >= 15 is 0 Å². The van der Waals surface area contributed by atoms with E-state index in [1.54, 1.807) is 18.2 Å². The highest BCUT2D eigenvalue weighted by Gasteiger charge is 2.14. The molecular weight excluding hydrogens is 312 g/mol. The summed E-state index contributed by atoms with van der Waals surface area (Å²) in [6, 6.07) is 6.78. The van der Waals surface area contributed by atoms with Crippen LogP contribution in [-0.4, -0.2) is 17.0 Å². The summed E-state index contributed by atoms with van der Waals surface area (Å²) in [7, 11) is 0. The van der Waals surface area contributed by atoms with Crippen LogP contribution in [0.5, 0.6) is 0 Å². The molecule has 0 aliphatic heterocycles. The van der Waals surface area contributed by atoms with E-state index in [0.29, 0.717) is 11.3 Å². The second-order valence-electron chi connectivity index (χ2n) is 3.81. The largest absolute Gasteiger partial charge is 0.478 e. The molecule has 0 spiro atoms. The maximum Gasteiger partial charge on any atom is 0.331 e. The van der Waals surface area contributed by atoms with Crippen LogP contribution in [0.3, 0.4) is 0 Å². The van der Waals surface area contributed by atoms with Gasteiger partial charge in [-0.1, -0.05) is 15.9 Å². The van der Waals surface area contributed by atoms with Crippen LogP contribution < -0.4 is 5.32 Å². The number of carboxylic acid groups (broad SMARTS) is 1. The number of anilines is 1. The van der Waals surface area contributed by atoms with Crippen molar-refractivity contribution in [3.8, 4) is 6.07 Å². The molecule has 2 N–H and O–H groups in total. The fourth-order valence-electron chi connectivity index (χ4n) is 1.26. The van der Waals surface area contributed by atoms with Crippen molar-refractivity contribution in [1.29, 1.82) is 5.26 Å². The monoisotopic (exact) mass is 322 g/mol. The minimum atomic E-state index is -1.15. The second-order valence-corrected chi connectivity index (χ2v) is 4.73. The van der Waals surface area contributed by atoms with Crippen LogP contribution in [0.1, 0.15) is 19.4 Å². The lowest BCUT2D eigenvalue weighted by Gasteiger charge is -2.08. The lowest BCUT2D eigenvalue weighted by Crippen LogP contribution is -2.16. The third-order valence-electron chi connectivity index (χ3n) is 2.57. The van der Waals surface area contributed by atoms with Crippen LogP contribution >= 0.6 is 15.9 Å². The molecule has 5 nitrogen and oxygen atoms in total. The van der Waals surface area contributed by atoms with Gasteiger partial charge in [0.15, 0.2) is 0 Å². The van der Waals surface area contributed by atoms with Gasteiger partial charge in [0.25, 0.3) is 5.91 Å². The highest BCUT2D eigenvalue weighted by molar-refractivity contribution is 9.10. The Balaban J connectivity index is 3.05. The quantitative estimate of drug-likeness (QED) is 0.837. The molecule has 0 heterocycles. The average Bonchev–Trinajstić information content (AvgIpc) is 2.38. The number of hydrogen-bond donors (Lipinski definition) is 2. The van der Waals surface area contributed by atoms with Gasteiger partial charge >= 0.3 is 5.97 Å². The predicted octanol–water partition coefficient (Wildman–Crippen LogP) is 2.68. The Morgan fingerprint density at radius 3 is 2.47 bits per heavy atom. The van der Waals surface area contributed by atoms with Gasteiger partial charge in [-0.25, -0.2) is 4.79 Å². The van der Waals surface area contributed by atoms with Crippen LogP contribution in [0.2, 0.25) is 0 Å². The van der Waals surface area contributed by atoms with Gasteiger partial charge in [0.2, 0.25) is 0 Å². The van der Waals surface area contributed by atoms with E-state index in [9.17, 15) is 9.59 Å². The fourth-order valence-corrected chi connectivity index (χ4v) is 1.63. The molecule has 1 amide bonds. The van der Waals surface area contributed by atoms with Crippen LogP contribution in [0.4, 0.5) is 5.69 Å². The zero-order valence-corrected chi connectivity index (χ0v) is 11.9. The van der Waals surface area contributed by atoms with Gasteiger partial charge in [0.05, 0.1) is 11.3 Å². The van der Waals surface area contributed by atoms with Crippen LogP contribution in [0, 0.1) is 11.3 Å². The highest BCUT2D eigenvalue weighted by Crippen LogP contribution is 2.21. The van der Waals surface area contributed by atoms with E-state index in [4.69, 9.17) is 10.4 Å². The standard InChI is InChI=1S/C13H11BrN2O3/c1-7(8(2)13(18)19)12(17)16-11-4-3-10(14)5-9(11)6-15/h3-5H,1-2H3,(H,16,17)(H,18,19)/b8-7+. The van der Waals surface area contributed by atoms with Crippen LogP contribution in [-0.2, 0) is 9.59 Å². The second kappa shape index (κ2) is 6.16. The number of nitrogens with one attached hydrogen (secondary N) is 1. The molecule has 98 valence electrons. The number of carbonyl (C=O) groups excluding carboxylic acids is 1. The predicted molar refractivity (Wildman–Crippen MR) is 73.5 cm³/mol. The molecule has 1 aromatic rings. The Hall–Kier alpha value is -2.13. The topological polar surface area (TPSA) is 90.2 Å². The van der Waals surface area contributed by atoms with Crippen molar-refractivity contribution < 1.29 is 14.7 Å². The van der Waals surface area contributed by atoms with Crippen molar-refractivity contribution in [1.82, 2.24) is 0 Å². The summed E-state index contributed by atoms with van der Waals surface area (Å²) in [6.45, 7) is 2.77. The van der Waals surface area contributed by atoms with Crippen molar-refractivity contribution in [3.05, 3.63) is 39.4 Å². The molecule has 0 unspecified atom stereocenters.